The first kappa shape index (κ1) is 18.3. The first-order valence-corrected chi connectivity index (χ1v) is 9.95. The van der Waals surface area contributed by atoms with Gasteiger partial charge in [-0.15, -0.1) is 0 Å². The molecule has 0 N–H and O–H groups in total. The van der Waals surface area contributed by atoms with Gasteiger partial charge in [0, 0.05) is 43.3 Å². The van der Waals surface area contributed by atoms with Crippen LogP contribution in [0.2, 0.25) is 0 Å². The van der Waals surface area contributed by atoms with Crippen LogP contribution in [0.5, 0.6) is 0 Å². The van der Waals surface area contributed by atoms with Gasteiger partial charge in [-0.1, -0.05) is 53.7 Å². The largest absolute Gasteiger partial charge is 0.334 e. The molecule has 0 atom stereocenters. The Kier molecular flexibility index (Phi) is 4.63. The summed E-state index contributed by atoms with van der Waals surface area (Å²) in [6.45, 7) is 1.13. The van der Waals surface area contributed by atoms with Crippen LogP contribution in [0.1, 0.15) is 33.0 Å². The monoisotopic (exact) mass is 399 g/mol. The summed E-state index contributed by atoms with van der Waals surface area (Å²) in [5.74, 6) is 1.03. The van der Waals surface area contributed by atoms with Crippen molar-refractivity contribution in [1.29, 1.82) is 0 Å². The van der Waals surface area contributed by atoms with Gasteiger partial charge in [0.1, 0.15) is 0 Å². The lowest BCUT2D eigenvalue weighted by atomic mass is 10.0. The van der Waals surface area contributed by atoms with Crippen LogP contribution in [0.25, 0.3) is 11.6 Å². The topological polar surface area (TPSA) is 77.1 Å². The second-order valence-corrected chi connectivity index (χ2v) is 7.42. The number of hydrogen-bond acceptors (Lipinski definition) is 5. The normalized spacial score (nSPS) is 13.3. The summed E-state index contributed by atoms with van der Waals surface area (Å²) < 4.78 is 7.40. The van der Waals surface area contributed by atoms with Gasteiger partial charge in [0.2, 0.25) is 0 Å². The molecule has 7 heteroatoms. The molecule has 1 aliphatic heterocycles. The Labute approximate surface area is 174 Å². The van der Waals surface area contributed by atoms with Crippen LogP contribution in [0.3, 0.4) is 0 Å². The predicted molar refractivity (Wildman–Crippen MR) is 111 cm³/mol. The molecule has 0 unspecified atom stereocenters. The van der Waals surface area contributed by atoms with Gasteiger partial charge in [-0.05, 0) is 17.7 Å². The molecule has 0 aliphatic carbocycles. The average Bonchev–Trinajstić information content (AvgIpc) is 3.38. The maximum absolute atomic E-state index is 12.9. The molecule has 0 spiro atoms. The second kappa shape index (κ2) is 7.59. The van der Waals surface area contributed by atoms with Crippen molar-refractivity contribution in [2.24, 2.45) is 7.05 Å². The van der Waals surface area contributed by atoms with Crippen molar-refractivity contribution in [3.8, 4) is 11.6 Å². The third kappa shape index (κ3) is 3.39. The summed E-state index contributed by atoms with van der Waals surface area (Å²) in [7, 11) is 1.91. The molecule has 2 aromatic heterocycles. The summed E-state index contributed by atoms with van der Waals surface area (Å²) >= 11 is 0. The van der Waals surface area contributed by atoms with Crippen molar-refractivity contribution in [3.05, 3.63) is 88.9 Å². The minimum atomic E-state index is 0.0198. The summed E-state index contributed by atoms with van der Waals surface area (Å²) in [5, 5.41) is 8.76. The van der Waals surface area contributed by atoms with E-state index in [1.165, 1.54) is 0 Å². The Morgan fingerprint density at radius 2 is 1.80 bits per heavy atom. The predicted octanol–water partition coefficient (Wildman–Crippen LogP) is 3.26. The highest BCUT2D eigenvalue weighted by molar-refractivity contribution is 5.94. The number of aromatic nitrogens is 4. The smallest absolute Gasteiger partial charge is 0.278 e. The zero-order valence-corrected chi connectivity index (χ0v) is 16.7. The van der Waals surface area contributed by atoms with Gasteiger partial charge in [0.25, 0.3) is 11.8 Å². The van der Waals surface area contributed by atoms with Crippen LogP contribution in [0.4, 0.5) is 0 Å². The van der Waals surface area contributed by atoms with E-state index in [9.17, 15) is 4.79 Å². The van der Waals surface area contributed by atoms with E-state index in [1.54, 1.807) is 0 Å². The Morgan fingerprint density at radius 3 is 2.57 bits per heavy atom. The molecule has 0 fully saturated rings. The lowest BCUT2D eigenvalue weighted by Crippen LogP contribution is -2.36. The SMILES string of the molecule is Cn1nc(-c2nc(Cc3ccccc3)no2)c2c1CCN(C(=O)c1ccccc1)C2. The molecule has 150 valence electrons. The lowest BCUT2D eigenvalue weighted by molar-refractivity contribution is 0.0733. The van der Waals surface area contributed by atoms with E-state index in [0.29, 0.717) is 42.5 Å². The molecular formula is C23H21N5O2. The molecule has 0 radical (unpaired) electrons. The number of hydrogen-bond donors (Lipinski definition) is 0. The number of benzene rings is 2. The molecule has 2 aromatic carbocycles. The molecule has 1 aliphatic rings. The Morgan fingerprint density at radius 1 is 1.07 bits per heavy atom. The van der Waals surface area contributed by atoms with Gasteiger partial charge in [-0.3, -0.25) is 9.48 Å². The molecule has 3 heterocycles. The molecular weight excluding hydrogens is 378 g/mol. The second-order valence-electron chi connectivity index (χ2n) is 7.42. The molecule has 30 heavy (non-hydrogen) atoms. The Hall–Kier alpha value is -3.74. The van der Waals surface area contributed by atoms with Crippen molar-refractivity contribution in [2.45, 2.75) is 19.4 Å². The number of aryl methyl sites for hydroxylation is 1. The van der Waals surface area contributed by atoms with E-state index < -0.39 is 0 Å². The highest BCUT2D eigenvalue weighted by atomic mass is 16.5. The number of fused-ring (bicyclic) bond motifs is 1. The fourth-order valence-electron chi connectivity index (χ4n) is 3.90. The van der Waals surface area contributed by atoms with Gasteiger partial charge in [-0.2, -0.15) is 10.1 Å². The summed E-state index contributed by atoms with van der Waals surface area (Å²) in [6, 6.07) is 19.4. The van der Waals surface area contributed by atoms with Gasteiger partial charge in [0.15, 0.2) is 11.5 Å². The molecule has 7 nitrogen and oxygen atoms in total. The summed E-state index contributed by atoms with van der Waals surface area (Å²) in [5.41, 5.74) is 4.54. The maximum atomic E-state index is 12.9. The first-order chi connectivity index (χ1) is 14.7. The average molecular weight is 399 g/mol. The third-order valence-electron chi connectivity index (χ3n) is 5.43. The standard InChI is InChI=1S/C23H21N5O2/c1-27-19-12-13-28(23(29)17-10-6-3-7-11-17)15-18(19)21(25-27)22-24-20(26-30-22)14-16-8-4-2-5-9-16/h2-11H,12-15H2,1H3. The maximum Gasteiger partial charge on any atom is 0.278 e. The summed E-state index contributed by atoms with van der Waals surface area (Å²) in [6.07, 6.45) is 1.33. The molecule has 5 rings (SSSR count). The van der Waals surface area contributed by atoms with Crippen LogP contribution < -0.4 is 0 Å². The highest BCUT2D eigenvalue weighted by Gasteiger charge is 2.29. The number of carbonyl (C=O) groups is 1. The minimum Gasteiger partial charge on any atom is -0.334 e. The Bertz CT molecular complexity index is 1180. The molecule has 1 amide bonds. The third-order valence-corrected chi connectivity index (χ3v) is 5.43. The number of nitrogens with zero attached hydrogens (tertiary/aromatic N) is 5. The van der Waals surface area contributed by atoms with Gasteiger partial charge < -0.3 is 9.42 Å². The molecule has 4 aromatic rings. The zero-order chi connectivity index (χ0) is 20.5. The van der Waals surface area contributed by atoms with Gasteiger partial charge >= 0.3 is 0 Å². The lowest BCUT2D eigenvalue weighted by Gasteiger charge is -2.27. The summed E-state index contributed by atoms with van der Waals surface area (Å²) in [4.78, 5) is 19.3. The van der Waals surface area contributed by atoms with Gasteiger partial charge in [-0.25, -0.2) is 0 Å². The van der Waals surface area contributed by atoms with Crippen molar-refractivity contribution in [3.63, 3.8) is 0 Å². The molecule has 0 saturated carbocycles. The van der Waals surface area contributed by atoms with E-state index >= 15 is 0 Å². The van der Waals surface area contributed by atoms with Crippen molar-refractivity contribution in [1.82, 2.24) is 24.8 Å². The number of carbonyl (C=O) groups excluding carboxylic acids is 1. The highest BCUT2D eigenvalue weighted by Crippen LogP contribution is 2.29. The Balaban J connectivity index is 1.42. The quantitative estimate of drug-likeness (QED) is 0.526. The molecule has 0 saturated heterocycles. The fourth-order valence-corrected chi connectivity index (χ4v) is 3.90. The van der Waals surface area contributed by atoms with Crippen molar-refractivity contribution >= 4 is 5.91 Å². The van der Waals surface area contributed by atoms with E-state index in [4.69, 9.17) is 4.52 Å². The van der Waals surface area contributed by atoms with E-state index in [1.807, 2.05) is 77.3 Å². The van der Waals surface area contributed by atoms with E-state index in [2.05, 4.69) is 15.2 Å². The minimum absolute atomic E-state index is 0.0198. The number of amides is 1. The van der Waals surface area contributed by atoms with Crippen molar-refractivity contribution in [2.75, 3.05) is 6.54 Å². The first-order valence-electron chi connectivity index (χ1n) is 9.95. The molecule has 0 bridgehead atoms. The fraction of sp³-hybridized carbons (Fsp3) is 0.217. The number of rotatable bonds is 4. The van der Waals surface area contributed by atoms with Crippen molar-refractivity contribution < 1.29 is 9.32 Å². The van der Waals surface area contributed by atoms with Crippen LogP contribution in [0, 0.1) is 0 Å². The van der Waals surface area contributed by atoms with Crippen LogP contribution in [0.15, 0.2) is 65.2 Å². The van der Waals surface area contributed by atoms with Gasteiger partial charge in [0.05, 0.1) is 6.54 Å². The van der Waals surface area contributed by atoms with E-state index in [-0.39, 0.29) is 5.91 Å². The van der Waals surface area contributed by atoms with Crippen LogP contribution >= 0.6 is 0 Å². The van der Waals surface area contributed by atoms with E-state index in [0.717, 1.165) is 23.2 Å². The van der Waals surface area contributed by atoms with Crippen LogP contribution in [-0.4, -0.2) is 37.3 Å². The zero-order valence-electron chi connectivity index (χ0n) is 16.7. The van der Waals surface area contributed by atoms with Crippen LogP contribution in [-0.2, 0) is 26.4 Å².